The number of pyridine rings is 1. The number of carbonyl (C=O) groups is 1. The molecule has 1 heterocycles. The first-order valence-corrected chi connectivity index (χ1v) is 9.61. The van der Waals surface area contributed by atoms with E-state index in [1.54, 1.807) is 42.2 Å². The maximum absolute atomic E-state index is 13.7. The van der Waals surface area contributed by atoms with E-state index in [4.69, 9.17) is 5.26 Å². The summed E-state index contributed by atoms with van der Waals surface area (Å²) in [6, 6.07) is 16.8. The number of nitriles is 1. The normalized spacial score (nSPS) is 11.6. The van der Waals surface area contributed by atoms with Gasteiger partial charge in [-0.05, 0) is 60.9 Å². The summed E-state index contributed by atoms with van der Waals surface area (Å²) in [6.07, 6.45) is 0.571. The Morgan fingerprint density at radius 3 is 2.43 bits per heavy atom. The van der Waals surface area contributed by atoms with Gasteiger partial charge in [-0.15, -0.1) is 0 Å². The van der Waals surface area contributed by atoms with Crippen molar-refractivity contribution in [1.82, 2.24) is 9.88 Å². The van der Waals surface area contributed by atoms with Gasteiger partial charge in [-0.3, -0.25) is 4.79 Å². The van der Waals surface area contributed by atoms with Crippen molar-refractivity contribution in [1.29, 1.82) is 5.26 Å². The molecule has 4 nitrogen and oxygen atoms in total. The zero-order valence-corrected chi connectivity index (χ0v) is 16.8. The zero-order valence-electron chi connectivity index (χ0n) is 16.8. The van der Waals surface area contributed by atoms with Gasteiger partial charge in [0, 0.05) is 6.54 Å². The highest BCUT2D eigenvalue weighted by molar-refractivity contribution is 5.92. The average molecular weight is 405 g/mol. The molecule has 1 unspecified atom stereocenters. The highest BCUT2D eigenvalue weighted by Crippen LogP contribution is 2.28. The molecule has 0 aliphatic carbocycles. The lowest BCUT2D eigenvalue weighted by molar-refractivity contribution is 0.0646. The van der Waals surface area contributed by atoms with Crippen LogP contribution >= 0.6 is 0 Å². The van der Waals surface area contributed by atoms with Gasteiger partial charge >= 0.3 is 0 Å². The number of rotatable bonds is 6. The highest BCUT2D eigenvalue weighted by Gasteiger charge is 2.26. The molecule has 152 valence electrons. The molecule has 0 spiro atoms. The van der Waals surface area contributed by atoms with Crippen LogP contribution in [0.4, 0.5) is 8.78 Å². The molecule has 30 heavy (non-hydrogen) atoms. The third-order valence-electron chi connectivity index (χ3n) is 4.95. The van der Waals surface area contributed by atoms with Crippen LogP contribution in [0.3, 0.4) is 0 Å². The summed E-state index contributed by atoms with van der Waals surface area (Å²) in [4.78, 5) is 19.3. The Morgan fingerprint density at radius 1 is 1.10 bits per heavy atom. The van der Waals surface area contributed by atoms with Gasteiger partial charge in [0.05, 0.1) is 17.3 Å². The third-order valence-corrected chi connectivity index (χ3v) is 4.95. The van der Waals surface area contributed by atoms with Crippen LogP contribution in [-0.2, 0) is 6.54 Å². The first-order valence-electron chi connectivity index (χ1n) is 9.61. The summed E-state index contributed by atoms with van der Waals surface area (Å²) in [5, 5.41) is 9.12. The second kappa shape index (κ2) is 9.27. The minimum Gasteiger partial charge on any atom is -0.326 e. The van der Waals surface area contributed by atoms with Crippen LogP contribution in [-0.4, -0.2) is 15.8 Å². The Morgan fingerprint density at radius 2 is 1.83 bits per heavy atom. The first kappa shape index (κ1) is 21.1. The van der Waals surface area contributed by atoms with Crippen molar-refractivity contribution in [3.8, 4) is 6.07 Å². The molecule has 0 N–H and O–H groups in total. The largest absolute Gasteiger partial charge is 0.326 e. The molecule has 1 aromatic heterocycles. The van der Waals surface area contributed by atoms with E-state index in [9.17, 15) is 13.6 Å². The van der Waals surface area contributed by atoms with Crippen molar-refractivity contribution >= 4 is 5.91 Å². The van der Waals surface area contributed by atoms with Crippen molar-refractivity contribution < 1.29 is 13.6 Å². The Balaban J connectivity index is 2.03. The van der Waals surface area contributed by atoms with Crippen LogP contribution in [0.15, 0.2) is 60.7 Å². The van der Waals surface area contributed by atoms with Crippen LogP contribution in [0, 0.1) is 29.9 Å². The fourth-order valence-electron chi connectivity index (χ4n) is 3.42. The van der Waals surface area contributed by atoms with Gasteiger partial charge in [0.1, 0.15) is 23.4 Å². The van der Waals surface area contributed by atoms with Gasteiger partial charge in [0.2, 0.25) is 0 Å². The second-order valence-electron chi connectivity index (χ2n) is 6.98. The fraction of sp³-hybridized carbons (Fsp3) is 0.208. The van der Waals surface area contributed by atoms with Gasteiger partial charge in [0.15, 0.2) is 0 Å². The van der Waals surface area contributed by atoms with Crippen molar-refractivity contribution in [2.45, 2.75) is 32.9 Å². The van der Waals surface area contributed by atoms with E-state index < -0.39 is 0 Å². The maximum Gasteiger partial charge on any atom is 0.273 e. The van der Waals surface area contributed by atoms with Crippen molar-refractivity contribution in [2.24, 2.45) is 0 Å². The molecule has 0 bridgehead atoms. The Kier molecular flexibility index (Phi) is 6.53. The summed E-state index contributed by atoms with van der Waals surface area (Å²) in [5.74, 6) is -1.09. The quantitative estimate of drug-likeness (QED) is 0.557. The van der Waals surface area contributed by atoms with Gasteiger partial charge < -0.3 is 4.90 Å². The summed E-state index contributed by atoms with van der Waals surface area (Å²) >= 11 is 0. The predicted octanol–water partition coefficient (Wildman–Crippen LogP) is 5.33. The van der Waals surface area contributed by atoms with Crippen LogP contribution in [0.5, 0.6) is 0 Å². The van der Waals surface area contributed by atoms with Gasteiger partial charge in [-0.2, -0.15) is 5.26 Å². The van der Waals surface area contributed by atoms with E-state index in [1.807, 2.05) is 13.0 Å². The molecular formula is C24H21F2N3O. The lowest BCUT2D eigenvalue weighted by Crippen LogP contribution is -2.35. The first-order chi connectivity index (χ1) is 14.4. The monoisotopic (exact) mass is 405 g/mol. The second-order valence-corrected chi connectivity index (χ2v) is 6.98. The van der Waals surface area contributed by atoms with Crippen LogP contribution in [0.2, 0.25) is 0 Å². The van der Waals surface area contributed by atoms with E-state index in [-0.39, 0.29) is 35.8 Å². The minimum absolute atomic E-state index is 0.160. The van der Waals surface area contributed by atoms with Crippen LogP contribution < -0.4 is 0 Å². The van der Waals surface area contributed by atoms with E-state index in [1.165, 1.54) is 30.3 Å². The summed E-state index contributed by atoms with van der Waals surface area (Å²) in [5.41, 5.74) is 2.46. The number of aromatic nitrogens is 1. The van der Waals surface area contributed by atoms with Crippen LogP contribution in [0.25, 0.3) is 0 Å². The number of amides is 1. The molecule has 0 aliphatic heterocycles. The number of aryl methyl sites for hydroxylation is 1. The number of nitrogens with zero attached hydrogens (tertiary/aromatic N) is 3. The fourth-order valence-corrected chi connectivity index (χ4v) is 3.42. The standard InChI is InChI=1S/C24H21F2N3O/c1-3-23(18-7-10-20(25)11-8-18)29(15-17-5-4-6-21(26)13-17)24(30)22-12-9-19(14-27)16(2)28-22/h4-13,23H,3,15H2,1-2H3. The number of halogens is 2. The van der Waals surface area contributed by atoms with E-state index in [0.29, 0.717) is 23.2 Å². The zero-order chi connectivity index (χ0) is 21.7. The lowest BCUT2D eigenvalue weighted by Gasteiger charge is -2.32. The summed E-state index contributed by atoms with van der Waals surface area (Å²) < 4.78 is 27.2. The van der Waals surface area contributed by atoms with Gasteiger partial charge in [-0.1, -0.05) is 31.2 Å². The average Bonchev–Trinajstić information content (AvgIpc) is 2.74. The Labute approximate surface area is 174 Å². The van der Waals surface area contributed by atoms with Crippen molar-refractivity contribution in [2.75, 3.05) is 0 Å². The molecule has 3 aromatic rings. The Hall–Kier alpha value is -3.59. The molecule has 3 rings (SSSR count). The SMILES string of the molecule is CCC(c1ccc(F)cc1)N(Cc1cccc(F)c1)C(=O)c1ccc(C#N)c(C)n1. The Bertz CT molecular complexity index is 1090. The molecule has 0 radical (unpaired) electrons. The number of benzene rings is 2. The summed E-state index contributed by atoms with van der Waals surface area (Å²) in [7, 11) is 0. The molecule has 0 saturated heterocycles. The molecule has 6 heteroatoms. The molecule has 2 aromatic carbocycles. The molecular weight excluding hydrogens is 384 g/mol. The smallest absolute Gasteiger partial charge is 0.273 e. The summed E-state index contributed by atoms with van der Waals surface area (Å²) in [6.45, 7) is 3.76. The minimum atomic E-state index is -0.387. The third kappa shape index (κ3) is 4.69. The van der Waals surface area contributed by atoms with Crippen molar-refractivity contribution in [3.05, 3.63) is 100 Å². The highest BCUT2D eigenvalue weighted by atomic mass is 19.1. The molecule has 0 saturated carbocycles. The van der Waals surface area contributed by atoms with Crippen molar-refractivity contribution in [3.63, 3.8) is 0 Å². The van der Waals surface area contributed by atoms with Gasteiger partial charge in [-0.25, -0.2) is 13.8 Å². The number of carbonyl (C=O) groups excluding carboxylic acids is 1. The molecule has 0 aliphatic rings. The molecule has 0 fully saturated rings. The lowest BCUT2D eigenvalue weighted by atomic mass is 10.0. The van der Waals surface area contributed by atoms with E-state index in [2.05, 4.69) is 4.98 Å². The maximum atomic E-state index is 13.7. The molecule has 1 atom stereocenters. The van der Waals surface area contributed by atoms with E-state index >= 15 is 0 Å². The number of hydrogen-bond donors (Lipinski definition) is 0. The predicted molar refractivity (Wildman–Crippen MR) is 109 cm³/mol. The van der Waals surface area contributed by atoms with Crippen LogP contribution in [0.1, 0.15) is 52.3 Å². The number of hydrogen-bond acceptors (Lipinski definition) is 3. The molecule has 1 amide bonds. The van der Waals surface area contributed by atoms with E-state index in [0.717, 1.165) is 5.56 Å². The van der Waals surface area contributed by atoms with Gasteiger partial charge in [0.25, 0.3) is 5.91 Å². The topological polar surface area (TPSA) is 57.0 Å².